The summed E-state index contributed by atoms with van der Waals surface area (Å²) in [5, 5.41) is 17.8. The number of nitrogens with zero attached hydrogens (tertiary/aromatic N) is 5. The molecule has 114 valence electrons. The van der Waals surface area contributed by atoms with Crippen LogP contribution in [0.15, 0.2) is 12.5 Å². The van der Waals surface area contributed by atoms with E-state index in [0.717, 1.165) is 36.4 Å². The number of aliphatic hydroxyl groups is 1. The van der Waals surface area contributed by atoms with Crippen molar-refractivity contribution >= 4 is 16.9 Å². The fourth-order valence-electron chi connectivity index (χ4n) is 2.92. The minimum Gasteiger partial charge on any atom is -0.394 e. The molecule has 1 fully saturated rings. The van der Waals surface area contributed by atoms with Crippen molar-refractivity contribution in [3.05, 3.63) is 12.5 Å². The number of fused-ring (bicyclic) bond motifs is 1. The van der Waals surface area contributed by atoms with Crippen LogP contribution in [0.5, 0.6) is 0 Å². The zero-order valence-electron chi connectivity index (χ0n) is 12.4. The number of hydrogen-bond acceptors (Lipinski definition) is 6. The summed E-state index contributed by atoms with van der Waals surface area (Å²) in [4.78, 5) is 11.1. The zero-order chi connectivity index (χ0) is 14.7. The summed E-state index contributed by atoms with van der Waals surface area (Å²) in [6.07, 6.45) is 5.70. The summed E-state index contributed by atoms with van der Waals surface area (Å²) in [7, 11) is 0. The summed E-state index contributed by atoms with van der Waals surface area (Å²) in [5.74, 6) is 0.840. The third-order valence-electron chi connectivity index (χ3n) is 4.04. The Hall–Kier alpha value is -1.73. The average Bonchev–Trinajstić information content (AvgIpc) is 2.92. The lowest BCUT2D eigenvalue weighted by Gasteiger charge is -2.32. The second kappa shape index (κ2) is 6.36. The maximum Gasteiger partial charge on any atom is 0.163 e. The van der Waals surface area contributed by atoms with Crippen LogP contribution in [0.25, 0.3) is 11.0 Å². The Bertz CT molecular complexity index is 598. The van der Waals surface area contributed by atoms with E-state index in [1.165, 1.54) is 13.0 Å². The number of piperidine rings is 1. The fourth-order valence-corrected chi connectivity index (χ4v) is 2.92. The molecule has 1 saturated heterocycles. The van der Waals surface area contributed by atoms with E-state index in [4.69, 9.17) is 5.11 Å². The van der Waals surface area contributed by atoms with E-state index in [1.54, 1.807) is 17.2 Å². The molecule has 2 N–H and O–H groups in total. The number of aliphatic hydroxyl groups excluding tert-OH is 1. The first-order chi connectivity index (χ1) is 10.3. The van der Waals surface area contributed by atoms with Gasteiger partial charge < -0.3 is 15.3 Å². The zero-order valence-corrected chi connectivity index (χ0v) is 12.4. The Balaban J connectivity index is 1.80. The van der Waals surface area contributed by atoms with Crippen LogP contribution in [0, 0.1) is 0 Å². The standard InChI is InChI=1S/C14H22N6O/c1-2-19-5-3-4-11(9-19)18-13-12-8-17-20(6-7-21)14(12)16-10-15-13/h8,10-11,21H,2-7,9H2,1H3,(H,15,16,18)/t11-/m0/s1. The van der Waals surface area contributed by atoms with Gasteiger partial charge in [-0.3, -0.25) is 0 Å². The van der Waals surface area contributed by atoms with Crippen LogP contribution in [-0.2, 0) is 6.54 Å². The molecule has 2 aromatic heterocycles. The molecular formula is C14H22N6O. The quantitative estimate of drug-likeness (QED) is 0.844. The SMILES string of the molecule is CCN1CCC[C@H](Nc2ncnc3c2cnn3CCO)C1. The molecule has 3 heterocycles. The Kier molecular flexibility index (Phi) is 4.31. The Morgan fingerprint density at radius 3 is 3.14 bits per heavy atom. The van der Waals surface area contributed by atoms with Gasteiger partial charge in [0.2, 0.25) is 0 Å². The number of likely N-dealkylation sites (N-methyl/N-ethyl adjacent to an activating group) is 1. The summed E-state index contributed by atoms with van der Waals surface area (Å²) in [6.45, 7) is 6.02. The number of hydrogen-bond donors (Lipinski definition) is 2. The maximum atomic E-state index is 9.06. The van der Waals surface area contributed by atoms with E-state index < -0.39 is 0 Å². The number of aromatic nitrogens is 4. The maximum absolute atomic E-state index is 9.06. The Morgan fingerprint density at radius 2 is 2.33 bits per heavy atom. The summed E-state index contributed by atoms with van der Waals surface area (Å²) >= 11 is 0. The third kappa shape index (κ3) is 2.98. The van der Waals surface area contributed by atoms with Crippen LogP contribution in [-0.4, -0.2) is 62.0 Å². The minimum absolute atomic E-state index is 0.0532. The molecule has 21 heavy (non-hydrogen) atoms. The second-order valence-corrected chi connectivity index (χ2v) is 5.43. The van der Waals surface area contributed by atoms with Gasteiger partial charge in [0.15, 0.2) is 5.65 Å². The van der Waals surface area contributed by atoms with Gasteiger partial charge in [-0.15, -0.1) is 0 Å². The van der Waals surface area contributed by atoms with Gasteiger partial charge in [0.25, 0.3) is 0 Å². The first-order valence-corrected chi connectivity index (χ1v) is 7.58. The monoisotopic (exact) mass is 290 g/mol. The van der Waals surface area contributed by atoms with Crippen molar-refractivity contribution in [3.63, 3.8) is 0 Å². The van der Waals surface area contributed by atoms with Crippen molar-refractivity contribution in [1.29, 1.82) is 0 Å². The molecule has 1 aliphatic heterocycles. The summed E-state index contributed by atoms with van der Waals surface area (Å²) in [6, 6.07) is 0.415. The van der Waals surface area contributed by atoms with E-state index in [0.29, 0.717) is 12.6 Å². The molecule has 0 aromatic carbocycles. The normalized spacial score (nSPS) is 20.0. The molecule has 0 aliphatic carbocycles. The van der Waals surface area contributed by atoms with Gasteiger partial charge >= 0.3 is 0 Å². The molecule has 7 heteroatoms. The highest BCUT2D eigenvalue weighted by atomic mass is 16.3. The molecule has 0 amide bonds. The van der Waals surface area contributed by atoms with Gasteiger partial charge in [0.05, 0.1) is 24.7 Å². The first-order valence-electron chi connectivity index (χ1n) is 7.58. The first kappa shape index (κ1) is 14.2. The van der Waals surface area contributed by atoms with Crippen molar-refractivity contribution in [2.75, 3.05) is 31.6 Å². The lowest BCUT2D eigenvalue weighted by atomic mass is 10.1. The van der Waals surface area contributed by atoms with E-state index in [1.807, 2.05) is 0 Å². The molecule has 0 radical (unpaired) electrons. The largest absolute Gasteiger partial charge is 0.394 e. The van der Waals surface area contributed by atoms with Crippen molar-refractivity contribution in [2.24, 2.45) is 0 Å². The molecule has 7 nitrogen and oxygen atoms in total. The van der Waals surface area contributed by atoms with Gasteiger partial charge in [0.1, 0.15) is 12.1 Å². The highest BCUT2D eigenvalue weighted by molar-refractivity contribution is 5.86. The van der Waals surface area contributed by atoms with E-state index >= 15 is 0 Å². The molecule has 2 aromatic rings. The predicted octanol–water partition coefficient (Wildman–Crippen LogP) is 0.715. The smallest absolute Gasteiger partial charge is 0.163 e. The molecule has 3 rings (SSSR count). The highest BCUT2D eigenvalue weighted by Crippen LogP contribution is 2.21. The molecule has 1 atom stereocenters. The van der Waals surface area contributed by atoms with E-state index in [2.05, 4.69) is 32.2 Å². The van der Waals surface area contributed by atoms with Gasteiger partial charge in [-0.05, 0) is 25.9 Å². The number of likely N-dealkylation sites (tertiary alicyclic amines) is 1. The van der Waals surface area contributed by atoms with E-state index in [9.17, 15) is 0 Å². The molecule has 0 spiro atoms. The lowest BCUT2D eigenvalue weighted by Crippen LogP contribution is -2.42. The van der Waals surface area contributed by atoms with Gasteiger partial charge in [-0.25, -0.2) is 14.6 Å². The average molecular weight is 290 g/mol. The van der Waals surface area contributed by atoms with Gasteiger partial charge in [-0.2, -0.15) is 5.10 Å². The fraction of sp³-hybridized carbons (Fsp3) is 0.643. The van der Waals surface area contributed by atoms with Crippen molar-refractivity contribution in [2.45, 2.75) is 32.4 Å². The predicted molar refractivity (Wildman–Crippen MR) is 81.2 cm³/mol. The Labute approximate surface area is 124 Å². The van der Waals surface area contributed by atoms with Crippen molar-refractivity contribution in [1.82, 2.24) is 24.6 Å². The second-order valence-electron chi connectivity index (χ2n) is 5.43. The molecule has 0 unspecified atom stereocenters. The van der Waals surface area contributed by atoms with Crippen molar-refractivity contribution < 1.29 is 5.11 Å². The van der Waals surface area contributed by atoms with Crippen molar-refractivity contribution in [3.8, 4) is 0 Å². The topological polar surface area (TPSA) is 79.1 Å². The molecule has 0 bridgehead atoms. The lowest BCUT2D eigenvalue weighted by molar-refractivity contribution is 0.226. The minimum atomic E-state index is 0.0532. The summed E-state index contributed by atoms with van der Waals surface area (Å²) in [5.41, 5.74) is 0.768. The van der Waals surface area contributed by atoms with Crippen LogP contribution in [0.2, 0.25) is 0 Å². The number of rotatable bonds is 5. The number of nitrogens with one attached hydrogen (secondary N) is 1. The highest BCUT2D eigenvalue weighted by Gasteiger charge is 2.20. The molecular weight excluding hydrogens is 268 g/mol. The van der Waals surface area contributed by atoms with Crippen LogP contribution < -0.4 is 5.32 Å². The van der Waals surface area contributed by atoms with Crippen LogP contribution in [0.3, 0.4) is 0 Å². The molecule has 0 saturated carbocycles. The van der Waals surface area contributed by atoms with Crippen LogP contribution in [0.1, 0.15) is 19.8 Å². The summed E-state index contributed by atoms with van der Waals surface area (Å²) < 4.78 is 1.71. The van der Waals surface area contributed by atoms with Crippen LogP contribution in [0.4, 0.5) is 5.82 Å². The molecule has 1 aliphatic rings. The van der Waals surface area contributed by atoms with Gasteiger partial charge in [0, 0.05) is 12.6 Å². The van der Waals surface area contributed by atoms with Crippen LogP contribution >= 0.6 is 0 Å². The number of anilines is 1. The van der Waals surface area contributed by atoms with E-state index in [-0.39, 0.29) is 6.61 Å². The third-order valence-corrected chi connectivity index (χ3v) is 4.04. The van der Waals surface area contributed by atoms with Gasteiger partial charge in [-0.1, -0.05) is 6.92 Å². The Morgan fingerprint density at radius 1 is 1.43 bits per heavy atom.